The Morgan fingerprint density at radius 2 is 1.31 bits per heavy atom. The first-order valence-electron chi connectivity index (χ1n) is 6.01. The minimum Gasteiger partial charge on any atom is -0.179 e. The van der Waals surface area contributed by atoms with Crippen LogP contribution in [0.2, 0.25) is 0 Å². The monoisotopic (exact) mass is 198 g/mol. The molecular weight excluding hydrogens is 176 g/mol. The molecular formula is C12H22S. The molecule has 0 heterocycles. The third kappa shape index (κ3) is 2.43. The summed E-state index contributed by atoms with van der Waals surface area (Å²) in [5, 5.41) is 0. The summed E-state index contributed by atoms with van der Waals surface area (Å²) in [5.41, 5.74) is 0. The molecule has 2 aliphatic rings. The van der Waals surface area contributed by atoms with Crippen molar-refractivity contribution in [3.8, 4) is 0 Å². The standard InChI is InChI=1S/C12H22S/c13-9-10-5-7-12(8-6-10)11-3-1-2-4-11/h10-13H,1-9H2. The van der Waals surface area contributed by atoms with Gasteiger partial charge in [0.2, 0.25) is 0 Å². The van der Waals surface area contributed by atoms with Crippen molar-refractivity contribution < 1.29 is 0 Å². The Hall–Kier alpha value is 0.350. The fourth-order valence-corrected chi connectivity index (χ4v) is 3.64. The molecule has 2 aliphatic carbocycles. The maximum absolute atomic E-state index is 4.40. The Bertz CT molecular complexity index is 141. The van der Waals surface area contributed by atoms with Gasteiger partial charge in [-0.15, -0.1) is 0 Å². The van der Waals surface area contributed by atoms with Gasteiger partial charge in [-0.2, -0.15) is 12.6 Å². The molecule has 0 aromatic rings. The lowest BCUT2D eigenvalue weighted by Crippen LogP contribution is -2.20. The average molecular weight is 198 g/mol. The van der Waals surface area contributed by atoms with Gasteiger partial charge in [-0.1, -0.05) is 25.7 Å². The Labute approximate surface area is 87.9 Å². The molecule has 2 saturated carbocycles. The lowest BCUT2D eigenvalue weighted by atomic mass is 9.76. The van der Waals surface area contributed by atoms with Crippen LogP contribution < -0.4 is 0 Å². The second-order valence-corrected chi connectivity index (χ2v) is 5.37. The molecule has 13 heavy (non-hydrogen) atoms. The maximum Gasteiger partial charge on any atom is -0.00695 e. The molecule has 0 bridgehead atoms. The van der Waals surface area contributed by atoms with Crippen molar-refractivity contribution in [3.05, 3.63) is 0 Å². The zero-order chi connectivity index (χ0) is 9.10. The molecule has 2 rings (SSSR count). The van der Waals surface area contributed by atoms with Gasteiger partial charge in [-0.25, -0.2) is 0 Å². The Balaban J connectivity index is 1.77. The van der Waals surface area contributed by atoms with E-state index >= 15 is 0 Å². The first-order valence-corrected chi connectivity index (χ1v) is 6.64. The minimum atomic E-state index is 0.945. The molecule has 2 fully saturated rings. The van der Waals surface area contributed by atoms with Crippen LogP contribution in [-0.4, -0.2) is 5.75 Å². The number of hydrogen-bond acceptors (Lipinski definition) is 1. The molecule has 0 aromatic heterocycles. The predicted molar refractivity (Wildman–Crippen MR) is 61.3 cm³/mol. The topological polar surface area (TPSA) is 0 Å². The van der Waals surface area contributed by atoms with Crippen molar-refractivity contribution in [1.82, 2.24) is 0 Å². The van der Waals surface area contributed by atoms with Crippen molar-refractivity contribution in [2.75, 3.05) is 5.75 Å². The largest absolute Gasteiger partial charge is 0.179 e. The predicted octanol–water partition coefficient (Wildman–Crippen LogP) is 3.91. The molecule has 0 aliphatic heterocycles. The molecule has 0 N–H and O–H groups in total. The van der Waals surface area contributed by atoms with Crippen LogP contribution in [-0.2, 0) is 0 Å². The Morgan fingerprint density at radius 3 is 1.85 bits per heavy atom. The van der Waals surface area contributed by atoms with Gasteiger partial charge in [0.05, 0.1) is 0 Å². The van der Waals surface area contributed by atoms with Gasteiger partial charge < -0.3 is 0 Å². The summed E-state index contributed by atoms with van der Waals surface area (Å²) >= 11 is 4.40. The van der Waals surface area contributed by atoms with Crippen LogP contribution in [0, 0.1) is 17.8 Å². The van der Waals surface area contributed by atoms with E-state index in [9.17, 15) is 0 Å². The Kier molecular flexibility index (Phi) is 3.59. The van der Waals surface area contributed by atoms with Gasteiger partial charge in [0, 0.05) is 0 Å². The third-order valence-electron chi connectivity index (χ3n) is 4.22. The van der Waals surface area contributed by atoms with Gasteiger partial charge in [-0.05, 0) is 49.2 Å². The zero-order valence-electron chi connectivity index (χ0n) is 8.54. The van der Waals surface area contributed by atoms with Crippen molar-refractivity contribution in [2.45, 2.75) is 51.4 Å². The Morgan fingerprint density at radius 1 is 0.769 bits per heavy atom. The van der Waals surface area contributed by atoms with E-state index in [2.05, 4.69) is 12.6 Å². The van der Waals surface area contributed by atoms with Crippen LogP contribution >= 0.6 is 12.6 Å². The molecule has 1 heteroatoms. The van der Waals surface area contributed by atoms with Crippen molar-refractivity contribution >= 4 is 12.6 Å². The normalized spacial score (nSPS) is 36.7. The van der Waals surface area contributed by atoms with Crippen LogP contribution in [0.15, 0.2) is 0 Å². The van der Waals surface area contributed by atoms with Crippen LogP contribution in [0.1, 0.15) is 51.4 Å². The van der Waals surface area contributed by atoms with E-state index in [0.29, 0.717) is 0 Å². The third-order valence-corrected chi connectivity index (χ3v) is 4.73. The number of hydrogen-bond donors (Lipinski definition) is 1. The van der Waals surface area contributed by atoms with Crippen LogP contribution in [0.5, 0.6) is 0 Å². The molecule has 0 spiro atoms. The van der Waals surface area contributed by atoms with Crippen LogP contribution in [0.3, 0.4) is 0 Å². The summed E-state index contributed by atoms with van der Waals surface area (Å²) in [6.45, 7) is 0. The fraction of sp³-hybridized carbons (Fsp3) is 1.00. The SMILES string of the molecule is SCC1CCC(C2CCCC2)CC1. The maximum atomic E-state index is 4.40. The molecule has 0 unspecified atom stereocenters. The number of thiol groups is 1. The lowest BCUT2D eigenvalue weighted by Gasteiger charge is -2.31. The zero-order valence-corrected chi connectivity index (χ0v) is 9.44. The quantitative estimate of drug-likeness (QED) is 0.639. The van der Waals surface area contributed by atoms with E-state index in [1.54, 1.807) is 0 Å². The molecule has 0 saturated heterocycles. The van der Waals surface area contributed by atoms with Gasteiger partial charge in [0.1, 0.15) is 0 Å². The van der Waals surface area contributed by atoms with E-state index < -0.39 is 0 Å². The van der Waals surface area contributed by atoms with E-state index in [0.717, 1.165) is 23.5 Å². The summed E-state index contributed by atoms with van der Waals surface area (Å²) in [7, 11) is 0. The summed E-state index contributed by atoms with van der Waals surface area (Å²) in [5.74, 6) is 4.28. The van der Waals surface area contributed by atoms with Gasteiger partial charge in [0.25, 0.3) is 0 Å². The van der Waals surface area contributed by atoms with Gasteiger partial charge in [-0.3, -0.25) is 0 Å². The van der Waals surface area contributed by atoms with Gasteiger partial charge >= 0.3 is 0 Å². The van der Waals surface area contributed by atoms with Crippen molar-refractivity contribution in [2.24, 2.45) is 17.8 Å². The molecule has 0 nitrogen and oxygen atoms in total. The minimum absolute atomic E-state index is 0.945. The highest BCUT2D eigenvalue weighted by Gasteiger charge is 2.28. The summed E-state index contributed by atoms with van der Waals surface area (Å²) in [6.07, 6.45) is 12.0. The molecule has 0 radical (unpaired) electrons. The van der Waals surface area contributed by atoms with Crippen molar-refractivity contribution in [3.63, 3.8) is 0 Å². The van der Waals surface area contributed by atoms with E-state index in [4.69, 9.17) is 0 Å². The lowest BCUT2D eigenvalue weighted by molar-refractivity contribution is 0.217. The number of rotatable bonds is 2. The van der Waals surface area contributed by atoms with Crippen molar-refractivity contribution in [1.29, 1.82) is 0 Å². The fourth-order valence-electron chi connectivity index (χ4n) is 3.27. The summed E-state index contributed by atoms with van der Waals surface area (Å²) in [4.78, 5) is 0. The molecule has 0 aromatic carbocycles. The first kappa shape index (κ1) is 9.89. The second kappa shape index (κ2) is 4.72. The van der Waals surface area contributed by atoms with E-state index in [1.165, 1.54) is 51.4 Å². The molecule has 0 amide bonds. The highest BCUT2D eigenvalue weighted by molar-refractivity contribution is 7.80. The molecule has 76 valence electrons. The van der Waals surface area contributed by atoms with Crippen LogP contribution in [0.25, 0.3) is 0 Å². The summed E-state index contributed by atoms with van der Waals surface area (Å²) in [6, 6.07) is 0. The van der Waals surface area contributed by atoms with Crippen LogP contribution in [0.4, 0.5) is 0 Å². The first-order chi connectivity index (χ1) is 6.40. The molecule has 0 atom stereocenters. The van der Waals surface area contributed by atoms with E-state index in [1.807, 2.05) is 0 Å². The highest BCUT2D eigenvalue weighted by atomic mass is 32.1. The summed E-state index contributed by atoms with van der Waals surface area (Å²) < 4.78 is 0. The highest BCUT2D eigenvalue weighted by Crippen LogP contribution is 2.40. The smallest absolute Gasteiger partial charge is 0.00695 e. The van der Waals surface area contributed by atoms with E-state index in [-0.39, 0.29) is 0 Å². The second-order valence-electron chi connectivity index (χ2n) is 5.01. The van der Waals surface area contributed by atoms with Gasteiger partial charge in [0.15, 0.2) is 0 Å². The average Bonchev–Trinajstić information content (AvgIpc) is 2.71.